The number of nitrogens with zero attached hydrogens (tertiary/aromatic N) is 1. The van der Waals surface area contributed by atoms with Gasteiger partial charge in [-0.2, -0.15) is 8.42 Å². The number of hydrogen-bond donors (Lipinski definition) is 0. The van der Waals surface area contributed by atoms with E-state index in [-0.39, 0.29) is 10.6 Å². The van der Waals surface area contributed by atoms with E-state index in [9.17, 15) is 8.42 Å². The molecule has 0 spiro atoms. The number of ether oxygens (including phenoxy) is 1. The Morgan fingerprint density at radius 3 is 2.39 bits per heavy atom. The molecule has 0 atom stereocenters. The maximum atomic E-state index is 12.6. The zero-order valence-corrected chi connectivity index (χ0v) is 16.9. The van der Waals surface area contributed by atoms with Crippen LogP contribution < -0.4 is 8.92 Å². The van der Waals surface area contributed by atoms with Gasteiger partial charge >= 0.3 is 10.1 Å². The van der Waals surface area contributed by atoms with Gasteiger partial charge in [-0.1, -0.05) is 29.8 Å². The summed E-state index contributed by atoms with van der Waals surface area (Å²) >= 11 is 1.56. The highest BCUT2D eigenvalue weighted by Gasteiger charge is 2.20. The first-order chi connectivity index (χ1) is 13.5. The fraction of sp³-hybridized carbons (Fsp3) is 0.0952. The summed E-state index contributed by atoms with van der Waals surface area (Å²) in [6.07, 6.45) is 0. The van der Waals surface area contributed by atoms with Gasteiger partial charge in [-0.15, -0.1) is 11.3 Å². The summed E-state index contributed by atoms with van der Waals surface area (Å²) in [5.74, 6) is 0.459. The molecule has 7 heteroatoms. The fourth-order valence-corrected chi connectivity index (χ4v) is 4.64. The number of methoxy groups -OCH3 is 1. The molecule has 1 heterocycles. The predicted octanol–water partition coefficient (Wildman–Crippen LogP) is 5.05. The first-order valence-corrected chi connectivity index (χ1v) is 10.7. The van der Waals surface area contributed by atoms with Crippen molar-refractivity contribution in [3.63, 3.8) is 0 Å². The highest BCUT2D eigenvalue weighted by Crippen LogP contribution is 2.37. The summed E-state index contributed by atoms with van der Waals surface area (Å²) < 4.78 is 36.9. The molecule has 3 aromatic carbocycles. The monoisotopic (exact) mass is 411 g/mol. The minimum atomic E-state index is -3.95. The number of rotatable bonds is 5. The molecule has 28 heavy (non-hydrogen) atoms. The fourth-order valence-electron chi connectivity index (χ4n) is 2.74. The molecule has 0 unspecified atom stereocenters. The molecule has 4 rings (SSSR count). The minimum absolute atomic E-state index is 0.0930. The van der Waals surface area contributed by atoms with Crippen molar-refractivity contribution in [3.05, 3.63) is 72.3 Å². The van der Waals surface area contributed by atoms with Crippen LogP contribution in [0.4, 0.5) is 0 Å². The summed E-state index contributed by atoms with van der Waals surface area (Å²) in [6, 6.07) is 19.5. The maximum Gasteiger partial charge on any atom is 0.339 e. The minimum Gasteiger partial charge on any atom is -0.493 e. The molecular formula is C21H17NO4S2. The molecule has 0 aliphatic carbocycles. The molecule has 1 aromatic heterocycles. The summed E-state index contributed by atoms with van der Waals surface area (Å²) in [5, 5.41) is 0.826. The van der Waals surface area contributed by atoms with E-state index in [1.54, 1.807) is 41.7 Å². The van der Waals surface area contributed by atoms with E-state index in [0.717, 1.165) is 26.4 Å². The molecule has 0 fully saturated rings. The molecule has 0 saturated heterocycles. The molecule has 0 aliphatic heterocycles. The first-order valence-electron chi connectivity index (χ1n) is 8.51. The van der Waals surface area contributed by atoms with Crippen LogP contribution in [0.15, 0.2) is 71.6 Å². The van der Waals surface area contributed by atoms with Crippen LogP contribution in [0.2, 0.25) is 0 Å². The molecule has 0 aliphatic rings. The van der Waals surface area contributed by atoms with Crippen molar-refractivity contribution in [1.29, 1.82) is 0 Å². The third-order valence-corrected chi connectivity index (χ3v) is 6.55. The van der Waals surface area contributed by atoms with Crippen LogP contribution in [0.25, 0.3) is 20.8 Å². The van der Waals surface area contributed by atoms with E-state index in [1.807, 2.05) is 31.2 Å². The van der Waals surface area contributed by atoms with Crippen molar-refractivity contribution in [2.24, 2.45) is 0 Å². The number of fused-ring (bicyclic) bond motifs is 1. The van der Waals surface area contributed by atoms with Gasteiger partial charge in [-0.05, 0) is 49.4 Å². The van der Waals surface area contributed by atoms with Crippen LogP contribution in [0.5, 0.6) is 11.5 Å². The van der Waals surface area contributed by atoms with Crippen molar-refractivity contribution in [2.75, 3.05) is 7.11 Å². The lowest BCUT2D eigenvalue weighted by molar-refractivity contribution is 0.391. The Labute approximate surface area is 167 Å². The number of aryl methyl sites for hydroxylation is 1. The van der Waals surface area contributed by atoms with Crippen LogP contribution in [0.3, 0.4) is 0 Å². The second-order valence-corrected chi connectivity index (χ2v) is 8.78. The molecule has 0 saturated carbocycles. The summed E-state index contributed by atoms with van der Waals surface area (Å²) in [6.45, 7) is 1.89. The molecular weight excluding hydrogens is 394 g/mol. The third kappa shape index (κ3) is 3.58. The maximum absolute atomic E-state index is 12.6. The lowest BCUT2D eigenvalue weighted by Crippen LogP contribution is -2.10. The Morgan fingerprint density at radius 2 is 1.68 bits per heavy atom. The largest absolute Gasteiger partial charge is 0.493 e. The van der Waals surface area contributed by atoms with Gasteiger partial charge in [-0.3, -0.25) is 0 Å². The van der Waals surface area contributed by atoms with Crippen LogP contribution >= 0.6 is 11.3 Å². The number of benzene rings is 3. The zero-order chi connectivity index (χ0) is 19.7. The second-order valence-electron chi connectivity index (χ2n) is 6.20. The number of thiazole rings is 1. The molecule has 0 amide bonds. The lowest BCUT2D eigenvalue weighted by Gasteiger charge is -2.12. The average Bonchev–Trinajstić information content (AvgIpc) is 3.12. The van der Waals surface area contributed by atoms with E-state index in [2.05, 4.69) is 4.98 Å². The van der Waals surface area contributed by atoms with E-state index in [4.69, 9.17) is 8.92 Å². The van der Waals surface area contributed by atoms with Gasteiger partial charge in [0.1, 0.15) is 9.90 Å². The summed E-state index contributed by atoms with van der Waals surface area (Å²) in [7, 11) is -2.48. The van der Waals surface area contributed by atoms with Gasteiger partial charge in [-0.25, -0.2) is 4.98 Å². The number of para-hydroxylation sites is 1. The summed E-state index contributed by atoms with van der Waals surface area (Å²) in [4.78, 5) is 4.72. The van der Waals surface area contributed by atoms with Crippen molar-refractivity contribution >= 4 is 31.7 Å². The molecule has 142 valence electrons. The van der Waals surface area contributed by atoms with Gasteiger partial charge in [0, 0.05) is 5.56 Å². The smallest absolute Gasteiger partial charge is 0.339 e. The normalized spacial score (nSPS) is 11.5. The molecule has 0 bridgehead atoms. The van der Waals surface area contributed by atoms with Crippen molar-refractivity contribution in [2.45, 2.75) is 11.8 Å². The van der Waals surface area contributed by atoms with Gasteiger partial charge in [0.05, 0.1) is 17.3 Å². The van der Waals surface area contributed by atoms with Crippen LogP contribution in [0.1, 0.15) is 5.56 Å². The van der Waals surface area contributed by atoms with E-state index >= 15 is 0 Å². The van der Waals surface area contributed by atoms with Crippen LogP contribution in [-0.2, 0) is 10.1 Å². The zero-order valence-electron chi connectivity index (χ0n) is 15.2. The molecule has 5 nitrogen and oxygen atoms in total. The Morgan fingerprint density at radius 1 is 0.929 bits per heavy atom. The Kier molecular flexibility index (Phi) is 4.78. The van der Waals surface area contributed by atoms with E-state index in [0.29, 0.717) is 5.75 Å². The van der Waals surface area contributed by atoms with Crippen molar-refractivity contribution in [1.82, 2.24) is 4.98 Å². The standard InChI is InChI=1S/C21H17NO4S2/c1-14-7-10-16(11-8-14)28(23,24)26-18-12-9-15(13-19(18)25-2)21-22-17-5-3-4-6-20(17)27-21/h3-13H,1-2H3. The molecule has 0 radical (unpaired) electrons. The van der Waals surface area contributed by atoms with Crippen molar-refractivity contribution in [3.8, 4) is 22.1 Å². The Bertz CT molecular complexity index is 1210. The van der Waals surface area contributed by atoms with Gasteiger partial charge in [0.2, 0.25) is 0 Å². The quantitative estimate of drug-likeness (QED) is 0.430. The topological polar surface area (TPSA) is 65.5 Å². The lowest BCUT2D eigenvalue weighted by atomic mass is 10.2. The third-order valence-electron chi connectivity index (χ3n) is 4.21. The Hall–Kier alpha value is -2.90. The van der Waals surface area contributed by atoms with Crippen LogP contribution in [0, 0.1) is 6.92 Å². The predicted molar refractivity (Wildman–Crippen MR) is 111 cm³/mol. The van der Waals surface area contributed by atoms with Gasteiger partial charge in [0.25, 0.3) is 0 Å². The Balaban J connectivity index is 1.68. The average molecular weight is 412 g/mol. The SMILES string of the molecule is COc1cc(-c2nc3ccccc3s2)ccc1OS(=O)(=O)c1ccc(C)cc1. The highest BCUT2D eigenvalue weighted by atomic mass is 32.2. The number of aromatic nitrogens is 1. The van der Waals surface area contributed by atoms with Crippen LogP contribution in [-0.4, -0.2) is 20.5 Å². The molecule has 0 N–H and O–H groups in total. The summed E-state index contributed by atoms with van der Waals surface area (Å²) in [5.41, 5.74) is 2.72. The highest BCUT2D eigenvalue weighted by molar-refractivity contribution is 7.87. The number of hydrogen-bond acceptors (Lipinski definition) is 6. The first kappa shape index (κ1) is 18.5. The van der Waals surface area contributed by atoms with Crippen molar-refractivity contribution < 1.29 is 17.3 Å². The second kappa shape index (κ2) is 7.26. The van der Waals surface area contributed by atoms with E-state index in [1.165, 1.54) is 19.2 Å². The van der Waals surface area contributed by atoms with Gasteiger partial charge in [0.15, 0.2) is 11.5 Å². The molecule has 4 aromatic rings. The van der Waals surface area contributed by atoms with Gasteiger partial charge < -0.3 is 8.92 Å². The van der Waals surface area contributed by atoms with E-state index < -0.39 is 10.1 Å².